The van der Waals surface area contributed by atoms with Crippen LogP contribution in [0.2, 0.25) is 0 Å². The zero-order chi connectivity index (χ0) is 21.5. The summed E-state index contributed by atoms with van der Waals surface area (Å²) in [6.45, 7) is 2.24. The molecule has 0 amide bonds. The third-order valence-electron chi connectivity index (χ3n) is 5.76. The zero-order valence-corrected chi connectivity index (χ0v) is 17.2. The summed E-state index contributed by atoms with van der Waals surface area (Å²) in [4.78, 5) is 27.2. The lowest BCUT2D eigenvalue weighted by molar-refractivity contribution is 0.174. The summed E-state index contributed by atoms with van der Waals surface area (Å²) >= 11 is 0. The Bertz CT molecular complexity index is 1350. The smallest absolute Gasteiger partial charge is 0.256 e. The van der Waals surface area contributed by atoms with Crippen LogP contribution in [0.25, 0.3) is 22.8 Å². The van der Waals surface area contributed by atoms with Gasteiger partial charge in [-0.3, -0.25) is 14.7 Å². The number of hydrogen-bond donors (Lipinski definition) is 1. The summed E-state index contributed by atoms with van der Waals surface area (Å²) in [6.07, 6.45) is 2.27. The number of aromatic nitrogens is 3. The molecule has 2 aliphatic rings. The topological polar surface area (TPSA) is 93.5 Å². The maximum Gasteiger partial charge on any atom is 0.256 e. The van der Waals surface area contributed by atoms with E-state index in [9.17, 15) is 4.79 Å². The molecule has 32 heavy (non-hydrogen) atoms. The minimum atomic E-state index is -0.117. The predicted molar refractivity (Wildman–Crippen MR) is 116 cm³/mol. The van der Waals surface area contributed by atoms with Crippen molar-refractivity contribution in [1.82, 2.24) is 19.9 Å². The molecule has 0 saturated heterocycles. The molecule has 0 aliphatic carbocycles. The van der Waals surface area contributed by atoms with Gasteiger partial charge < -0.3 is 18.9 Å². The van der Waals surface area contributed by atoms with Crippen molar-refractivity contribution >= 4 is 0 Å². The standard InChI is InChI=1S/C24H20N4O4/c29-24-17-13-28(9-8-19(17)26-23(27-24)21-5-2-10-30-21)12-16-3-1-4-18(25-16)15-6-7-20-22(11-15)32-14-31-20/h1-7,10-11H,8-9,12-14H2,(H,26,27,29). The Labute approximate surface area is 183 Å². The van der Waals surface area contributed by atoms with Crippen molar-refractivity contribution in [3.05, 3.63) is 82.1 Å². The van der Waals surface area contributed by atoms with E-state index in [0.29, 0.717) is 36.7 Å². The van der Waals surface area contributed by atoms with Crippen molar-refractivity contribution in [3.8, 4) is 34.3 Å². The first-order valence-corrected chi connectivity index (χ1v) is 10.5. The Kier molecular flexibility index (Phi) is 4.50. The van der Waals surface area contributed by atoms with Crippen molar-refractivity contribution in [2.45, 2.75) is 19.5 Å². The van der Waals surface area contributed by atoms with Crippen LogP contribution in [0.4, 0.5) is 0 Å². The minimum absolute atomic E-state index is 0.117. The van der Waals surface area contributed by atoms with Crippen LogP contribution < -0.4 is 15.0 Å². The first-order valence-electron chi connectivity index (χ1n) is 10.5. The lowest BCUT2D eigenvalue weighted by Crippen LogP contribution is -2.35. The summed E-state index contributed by atoms with van der Waals surface area (Å²) in [5.74, 6) is 2.54. The van der Waals surface area contributed by atoms with Gasteiger partial charge in [-0.2, -0.15) is 0 Å². The van der Waals surface area contributed by atoms with Gasteiger partial charge in [0, 0.05) is 31.6 Å². The minimum Gasteiger partial charge on any atom is -0.461 e. The van der Waals surface area contributed by atoms with Gasteiger partial charge in [0.2, 0.25) is 6.79 Å². The highest BCUT2D eigenvalue weighted by atomic mass is 16.7. The molecule has 8 heteroatoms. The van der Waals surface area contributed by atoms with Crippen LogP contribution in [0.15, 0.2) is 64.0 Å². The molecule has 0 spiro atoms. The highest BCUT2D eigenvalue weighted by Crippen LogP contribution is 2.35. The van der Waals surface area contributed by atoms with E-state index in [0.717, 1.165) is 40.7 Å². The largest absolute Gasteiger partial charge is 0.461 e. The molecule has 160 valence electrons. The Hall–Kier alpha value is -3.91. The second kappa shape index (κ2) is 7.65. The predicted octanol–water partition coefficient (Wildman–Crippen LogP) is 3.38. The van der Waals surface area contributed by atoms with Gasteiger partial charge in [0.15, 0.2) is 23.1 Å². The summed E-state index contributed by atoms with van der Waals surface area (Å²) in [5, 5.41) is 0. The molecule has 5 heterocycles. The number of ether oxygens (including phenoxy) is 2. The number of rotatable bonds is 4. The molecule has 3 aromatic heterocycles. The molecule has 0 atom stereocenters. The average Bonchev–Trinajstić information content (AvgIpc) is 3.51. The Morgan fingerprint density at radius 1 is 1.03 bits per heavy atom. The van der Waals surface area contributed by atoms with Crippen molar-refractivity contribution in [2.75, 3.05) is 13.3 Å². The molecule has 0 bridgehead atoms. The number of aromatic amines is 1. The number of furan rings is 1. The molecule has 1 N–H and O–H groups in total. The van der Waals surface area contributed by atoms with Crippen LogP contribution in [0, 0.1) is 0 Å². The molecular formula is C24H20N4O4. The average molecular weight is 428 g/mol. The fraction of sp³-hybridized carbons (Fsp3) is 0.208. The fourth-order valence-corrected chi connectivity index (χ4v) is 4.16. The van der Waals surface area contributed by atoms with Gasteiger partial charge in [-0.05, 0) is 42.5 Å². The quantitative estimate of drug-likeness (QED) is 0.533. The Morgan fingerprint density at radius 2 is 1.97 bits per heavy atom. The summed E-state index contributed by atoms with van der Waals surface area (Å²) in [6, 6.07) is 15.4. The molecule has 0 unspecified atom stereocenters. The van der Waals surface area contributed by atoms with Gasteiger partial charge in [-0.25, -0.2) is 4.98 Å². The summed E-state index contributed by atoms with van der Waals surface area (Å²) in [5.41, 5.74) is 4.22. The molecule has 1 aromatic carbocycles. The third kappa shape index (κ3) is 3.44. The highest BCUT2D eigenvalue weighted by Gasteiger charge is 2.22. The SMILES string of the molecule is O=c1[nH]c(-c2ccco2)nc2c1CN(Cc1cccc(-c3ccc4c(c3)OCO4)n1)CC2. The van der Waals surface area contributed by atoms with Gasteiger partial charge in [-0.15, -0.1) is 0 Å². The maximum absolute atomic E-state index is 12.7. The van der Waals surface area contributed by atoms with E-state index in [2.05, 4.69) is 14.9 Å². The van der Waals surface area contributed by atoms with Crippen molar-refractivity contribution in [3.63, 3.8) is 0 Å². The van der Waals surface area contributed by atoms with Crippen LogP contribution in [-0.2, 0) is 19.5 Å². The fourth-order valence-electron chi connectivity index (χ4n) is 4.16. The zero-order valence-electron chi connectivity index (χ0n) is 17.2. The molecule has 0 fully saturated rings. The highest BCUT2D eigenvalue weighted by molar-refractivity contribution is 5.64. The number of fused-ring (bicyclic) bond motifs is 2. The van der Waals surface area contributed by atoms with Gasteiger partial charge in [0.25, 0.3) is 5.56 Å². The van der Waals surface area contributed by atoms with Crippen molar-refractivity contribution in [1.29, 1.82) is 0 Å². The number of H-pyrrole nitrogens is 1. The maximum atomic E-state index is 12.7. The normalized spacial score (nSPS) is 15.0. The van der Waals surface area contributed by atoms with E-state index >= 15 is 0 Å². The van der Waals surface area contributed by atoms with E-state index in [1.165, 1.54) is 0 Å². The molecule has 4 aromatic rings. The molecule has 0 saturated carbocycles. The molecule has 8 nitrogen and oxygen atoms in total. The van der Waals surface area contributed by atoms with Gasteiger partial charge >= 0.3 is 0 Å². The number of nitrogens with zero attached hydrogens (tertiary/aromatic N) is 3. The second-order valence-electron chi connectivity index (χ2n) is 7.86. The summed E-state index contributed by atoms with van der Waals surface area (Å²) < 4.78 is 16.3. The van der Waals surface area contributed by atoms with E-state index < -0.39 is 0 Å². The Balaban J connectivity index is 1.22. The van der Waals surface area contributed by atoms with Crippen LogP contribution in [0.5, 0.6) is 11.5 Å². The van der Waals surface area contributed by atoms with Crippen molar-refractivity contribution < 1.29 is 13.9 Å². The monoisotopic (exact) mass is 428 g/mol. The van der Waals surface area contributed by atoms with Crippen LogP contribution >= 0.6 is 0 Å². The van der Waals surface area contributed by atoms with E-state index in [1.807, 2.05) is 36.4 Å². The number of benzene rings is 1. The number of nitrogens with one attached hydrogen (secondary N) is 1. The van der Waals surface area contributed by atoms with Gasteiger partial charge in [-0.1, -0.05) is 6.07 Å². The van der Waals surface area contributed by atoms with Crippen LogP contribution in [-0.4, -0.2) is 33.2 Å². The molecule has 6 rings (SSSR count). The molecule has 0 radical (unpaired) electrons. The van der Waals surface area contributed by atoms with Crippen LogP contribution in [0.3, 0.4) is 0 Å². The molecular weight excluding hydrogens is 408 g/mol. The van der Waals surface area contributed by atoms with Gasteiger partial charge in [0.1, 0.15) is 0 Å². The molecule has 2 aliphatic heterocycles. The van der Waals surface area contributed by atoms with Crippen LogP contribution in [0.1, 0.15) is 17.0 Å². The number of pyridine rings is 1. The van der Waals surface area contributed by atoms with E-state index in [-0.39, 0.29) is 12.4 Å². The van der Waals surface area contributed by atoms with Gasteiger partial charge in [0.05, 0.1) is 28.9 Å². The number of hydrogen-bond acceptors (Lipinski definition) is 7. The summed E-state index contributed by atoms with van der Waals surface area (Å²) in [7, 11) is 0. The van der Waals surface area contributed by atoms with E-state index in [4.69, 9.17) is 18.9 Å². The van der Waals surface area contributed by atoms with E-state index in [1.54, 1.807) is 18.4 Å². The first kappa shape index (κ1) is 18.8. The second-order valence-corrected chi connectivity index (χ2v) is 7.86. The first-order chi connectivity index (χ1) is 15.7. The van der Waals surface area contributed by atoms with Crippen molar-refractivity contribution in [2.24, 2.45) is 0 Å². The Morgan fingerprint density at radius 3 is 2.88 bits per heavy atom. The lowest BCUT2D eigenvalue weighted by atomic mass is 10.1. The third-order valence-corrected chi connectivity index (χ3v) is 5.76. The lowest BCUT2D eigenvalue weighted by Gasteiger charge is -2.27.